The van der Waals surface area contributed by atoms with Crippen molar-refractivity contribution in [3.63, 3.8) is 0 Å². The van der Waals surface area contributed by atoms with Crippen LogP contribution < -0.4 is 0 Å². The van der Waals surface area contributed by atoms with Crippen LogP contribution >= 0.6 is 0 Å². The van der Waals surface area contributed by atoms with Gasteiger partial charge >= 0.3 is 0 Å². The van der Waals surface area contributed by atoms with E-state index in [1.165, 1.54) is 27.8 Å². The van der Waals surface area contributed by atoms with Crippen LogP contribution in [0.2, 0.25) is 0 Å². The van der Waals surface area contributed by atoms with Crippen molar-refractivity contribution in [2.75, 3.05) is 0 Å². The molecule has 1 aliphatic rings. The van der Waals surface area contributed by atoms with Gasteiger partial charge in [-0.25, -0.2) is 0 Å². The molecule has 0 saturated heterocycles. The normalized spacial score (nSPS) is 13.1. The Hall–Kier alpha value is -2.54. The maximum atomic E-state index is 5.18. The van der Waals surface area contributed by atoms with Crippen LogP contribution in [0.25, 0.3) is 22.8 Å². The molecule has 2 aromatic carbocycles. The van der Waals surface area contributed by atoms with E-state index in [0.717, 1.165) is 5.56 Å². The van der Waals surface area contributed by atoms with Gasteiger partial charge in [-0.05, 0) is 40.0 Å². The van der Waals surface area contributed by atoms with E-state index < -0.39 is 0 Å². The molecule has 0 fully saturated rings. The Balaban J connectivity index is 1.84. The van der Waals surface area contributed by atoms with Crippen molar-refractivity contribution in [3.05, 3.63) is 90.2 Å². The Morgan fingerprint density at radius 3 is 2.45 bits per heavy atom. The summed E-state index contributed by atoms with van der Waals surface area (Å²) in [6.45, 7) is 0. The standard InChI is InChI=1S/C19H13O/c1-2-5-14(6-3-1)18-8-4-7-15-11-17(12-19(15)18)16-9-10-20-13-16/h1-13H. The third kappa shape index (κ3) is 1.79. The third-order valence-corrected chi connectivity index (χ3v) is 3.69. The van der Waals surface area contributed by atoms with Gasteiger partial charge in [0, 0.05) is 12.0 Å². The fourth-order valence-electron chi connectivity index (χ4n) is 2.70. The molecule has 95 valence electrons. The van der Waals surface area contributed by atoms with Crippen molar-refractivity contribution in [1.82, 2.24) is 0 Å². The molecule has 0 unspecified atom stereocenters. The van der Waals surface area contributed by atoms with Gasteiger partial charge in [0.2, 0.25) is 0 Å². The first-order valence-corrected chi connectivity index (χ1v) is 6.69. The topological polar surface area (TPSA) is 13.1 Å². The monoisotopic (exact) mass is 257 g/mol. The van der Waals surface area contributed by atoms with E-state index in [-0.39, 0.29) is 0 Å². The Bertz CT molecular complexity index is 765. The predicted molar refractivity (Wildman–Crippen MR) is 81.9 cm³/mol. The minimum Gasteiger partial charge on any atom is -0.472 e. The van der Waals surface area contributed by atoms with E-state index in [9.17, 15) is 0 Å². The lowest BCUT2D eigenvalue weighted by Crippen LogP contribution is -1.85. The zero-order valence-electron chi connectivity index (χ0n) is 10.9. The quantitative estimate of drug-likeness (QED) is 0.626. The second-order valence-electron chi connectivity index (χ2n) is 4.93. The van der Waals surface area contributed by atoms with Gasteiger partial charge < -0.3 is 4.42 Å². The summed E-state index contributed by atoms with van der Waals surface area (Å²) >= 11 is 0. The minimum atomic E-state index is 1.13. The lowest BCUT2D eigenvalue weighted by atomic mass is 9.97. The lowest BCUT2D eigenvalue weighted by molar-refractivity contribution is 0.566. The molecular formula is C19H13O. The highest BCUT2D eigenvalue weighted by atomic mass is 16.3. The maximum absolute atomic E-state index is 5.18. The summed E-state index contributed by atoms with van der Waals surface area (Å²) in [6.07, 6.45) is 7.96. The van der Waals surface area contributed by atoms with Crippen LogP contribution in [0.15, 0.2) is 71.5 Å². The van der Waals surface area contributed by atoms with Gasteiger partial charge in [-0.2, -0.15) is 0 Å². The van der Waals surface area contributed by atoms with Gasteiger partial charge in [-0.15, -0.1) is 0 Å². The molecule has 0 amide bonds. The number of rotatable bonds is 2. The van der Waals surface area contributed by atoms with Crippen LogP contribution in [0, 0.1) is 6.42 Å². The van der Waals surface area contributed by atoms with Crippen LogP contribution in [-0.2, 0) is 0 Å². The number of allylic oxidation sites excluding steroid dienone is 1. The molecule has 0 aliphatic heterocycles. The zero-order valence-corrected chi connectivity index (χ0v) is 10.9. The average Bonchev–Trinajstić information content (AvgIpc) is 3.16. The number of benzene rings is 2. The van der Waals surface area contributed by atoms with Crippen LogP contribution in [0.1, 0.15) is 16.7 Å². The number of hydrogen-bond donors (Lipinski definition) is 0. The summed E-state index contributed by atoms with van der Waals surface area (Å²) in [7, 11) is 0. The molecule has 1 aromatic heterocycles. The number of fused-ring (bicyclic) bond motifs is 1. The summed E-state index contributed by atoms with van der Waals surface area (Å²) in [4.78, 5) is 0. The van der Waals surface area contributed by atoms with E-state index in [2.05, 4.69) is 55.0 Å². The molecular weight excluding hydrogens is 244 g/mol. The van der Waals surface area contributed by atoms with Gasteiger partial charge in [0.15, 0.2) is 0 Å². The van der Waals surface area contributed by atoms with Crippen molar-refractivity contribution < 1.29 is 4.42 Å². The SMILES string of the molecule is [CH]1C(c2ccoc2)=Cc2c1cccc2-c1ccccc1. The van der Waals surface area contributed by atoms with Crippen molar-refractivity contribution in [3.8, 4) is 11.1 Å². The summed E-state index contributed by atoms with van der Waals surface area (Å²) in [5, 5.41) is 0. The molecule has 20 heavy (non-hydrogen) atoms. The second-order valence-corrected chi connectivity index (χ2v) is 4.93. The van der Waals surface area contributed by atoms with E-state index in [1.807, 2.05) is 12.1 Å². The molecule has 0 atom stereocenters. The Labute approximate surface area is 118 Å². The molecule has 3 aromatic rings. The number of furan rings is 1. The Kier molecular flexibility index (Phi) is 2.56. The van der Waals surface area contributed by atoms with Crippen LogP contribution in [0.3, 0.4) is 0 Å². The van der Waals surface area contributed by atoms with Crippen molar-refractivity contribution in [2.45, 2.75) is 0 Å². The summed E-state index contributed by atoms with van der Waals surface area (Å²) in [5.74, 6) is 0. The third-order valence-electron chi connectivity index (χ3n) is 3.69. The fraction of sp³-hybridized carbons (Fsp3) is 0. The van der Waals surface area contributed by atoms with Crippen LogP contribution in [0.4, 0.5) is 0 Å². The molecule has 1 heterocycles. The van der Waals surface area contributed by atoms with E-state index in [4.69, 9.17) is 4.42 Å². The highest BCUT2D eigenvalue weighted by molar-refractivity contribution is 5.98. The van der Waals surface area contributed by atoms with Crippen molar-refractivity contribution in [1.29, 1.82) is 0 Å². The summed E-state index contributed by atoms with van der Waals surface area (Å²) in [6, 6.07) is 19.0. The van der Waals surface area contributed by atoms with Gasteiger partial charge in [-0.1, -0.05) is 48.5 Å². The Morgan fingerprint density at radius 1 is 0.750 bits per heavy atom. The van der Waals surface area contributed by atoms with E-state index in [0.29, 0.717) is 0 Å². The van der Waals surface area contributed by atoms with Crippen molar-refractivity contribution in [2.24, 2.45) is 0 Å². The maximum Gasteiger partial charge on any atom is 0.0977 e. The first-order chi connectivity index (χ1) is 9.92. The van der Waals surface area contributed by atoms with Gasteiger partial charge in [0.1, 0.15) is 0 Å². The molecule has 0 spiro atoms. The minimum absolute atomic E-state index is 1.13. The van der Waals surface area contributed by atoms with Crippen LogP contribution in [-0.4, -0.2) is 0 Å². The molecule has 1 heteroatoms. The summed E-state index contributed by atoms with van der Waals surface area (Å²) in [5.41, 5.74) is 7.41. The summed E-state index contributed by atoms with van der Waals surface area (Å²) < 4.78 is 5.18. The fourth-order valence-corrected chi connectivity index (χ4v) is 2.70. The zero-order chi connectivity index (χ0) is 13.4. The lowest BCUT2D eigenvalue weighted by Gasteiger charge is -2.07. The molecule has 0 saturated carbocycles. The van der Waals surface area contributed by atoms with Gasteiger partial charge in [0.25, 0.3) is 0 Å². The van der Waals surface area contributed by atoms with Crippen LogP contribution in [0.5, 0.6) is 0 Å². The highest BCUT2D eigenvalue weighted by Crippen LogP contribution is 2.38. The second kappa shape index (κ2) is 4.53. The van der Waals surface area contributed by atoms with Gasteiger partial charge in [-0.3, -0.25) is 0 Å². The first kappa shape index (κ1) is 11.3. The molecule has 0 N–H and O–H groups in total. The molecule has 1 aliphatic carbocycles. The first-order valence-electron chi connectivity index (χ1n) is 6.69. The average molecular weight is 257 g/mol. The largest absolute Gasteiger partial charge is 0.472 e. The van der Waals surface area contributed by atoms with E-state index >= 15 is 0 Å². The Morgan fingerprint density at radius 2 is 1.65 bits per heavy atom. The highest BCUT2D eigenvalue weighted by Gasteiger charge is 2.18. The number of hydrogen-bond acceptors (Lipinski definition) is 1. The predicted octanol–water partition coefficient (Wildman–Crippen LogP) is 5.05. The molecule has 0 bridgehead atoms. The van der Waals surface area contributed by atoms with E-state index in [1.54, 1.807) is 12.5 Å². The van der Waals surface area contributed by atoms with Gasteiger partial charge in [0.05, 0.1) is 12.5 Å². The molecule has 4 rings (SSSR count). The van der Waals surface area contributed by atoms with Crippen molar-refractivity contribution >= 4 is 11.6 Å². The molecule has 1 radical (unpaired) electrons. The molecule has 1 nitrogen and oxygen atoms in total. The smallest absolute Gasteiger partial charge is 0.0977 e.